The van der Waals surface area contributed by atoms with Crippen LogP contribution in [0.3, 0.4) is 0 Å². The predicted octanol–water partition coefficient (Wildman–Crippen LogP) is 3.39. The van der Waals surface area contributed by atoms with Gasteiger partial charge >= 0.3 is 18.0 Å². The van der Waals surface area contributed by atoms with Crippen molar-refractivity contribution in [1.29, 1.82) is 0 Å². The van der Waals surface area contributed by atoms with Crippen molar-refractivity contribution in [1.82, 2.24) is 15.5 Å². The van der Waals surface area contributed by atoms with Gasteiger partial charge in [0.2, 0.25) is 5.91 Å². The van der Waals surface area contributed by atoms with Gasteiger partial charge in [-0.05, 0) is 29.0 Å². The molecule has 0 saturated carbocycles. The number of nitrogens with zero attached hydrogens (tertiary/aromatic N) is 1. The Labute approximate surface area is 211 Å². The van der Waals surface area contributed by atoms with Gasteiger partial charge < -0.3 is 25.7 Å². The van der Waals surface area contributed by atoms with Crippen molar-refractivity contribution in [2.24, 2.45) is 5.92 Å². The van der Waals surface area contributed by atoms with Crippen molar-refractivity contribution in [3.05, 3.63) is 60.2 Å². The Balaban J connectivity index is 2.33. The van der Waals surface area contributed by atoms with Gasteiger partial charge in [-0.2, -0.15) is 0 Å². The summed E-state index contributed by atoms with van der Waals surface area (Å²) in [5, 5.41) is 24.6. The molecular weight excluding hydrogens is 462 g/mol. The first kappa shape index (κ1) is 28.4. The monoisotopic (exact) mass is 497 g/mol. The molecule has 0 radical (unpaired) electrons. The molecule has 194 valence electrons. The summed E-state index contributed by atoms with van der Waals surface area (Å²) in [6.07, 6.45) is -0.327. The van der Waals surface area contributed by atoms with Crippen molar-refractivity contribution in [3.63, 3.8) is 0 Å². The fourth-order valence-electron chi connectivity index (χ4n) is 3.91. The maximum absolute atomic E-state index is 13.2. The molecule has 0 aliphatic heterocycles. The molecule has 9 heteroatoms. The Kier molecular flexibility index (Phi) is 10.5. The molecule has 0 heterocycles. The van der Waals surface area contributed by atoms with E-state index < -0.39 is 23.5 Å². The Morgan fingerprint density at radius 2 is 1.56 bits per heavy atom. The van der Waals surface area contributed by atoms with Gasteiger partial charge in [-0.3, -0.25) is 9.59 Å². The van der Waals surface area contributed by atoms with E-state index in [4.69, 9.17) is 5.11 Å². The molecule has 1 atom stereocenters. The lowest BCUT2D eigenvalue weighted by atomic mass is 9.86. The highest BCUT2D eigenvalue weighted by Crippen LogP contribution is 2.23. The summed E-state index contributed by atoms with van der Waals surface area (Å²) < 4.78 is 0. The molecule has 0 saturated heterocycles. The second kappa shape index (κ2) is 13.3. The van der Waals surface area contributed by atoms with Gasteiger partial charge in [-0.1, -0.05) is 68.4 Å². The summed E-state index contributed by atoms with van der Waals surface area (Å²) >= 11 is 0. The molecule has 2 aromatic carbocycles. The van der Waals surface area contributed by atoms with Gasteiger partial charge in [-0.25, -0.2) is 9.59 Å². The summed E-state index contributed by atoms with van der Waals surface area (Å²) in [5.41, 5.74) is 0.974. The van der Waals surface area contributed by atoms with E-state index in [1.807, 2.05) is 68.4 Å². The summed E-state index contributed by atoms with van der Waals surface area (Å²) in [5.74, 6) is -2.55. The highest BCUT2D eigenvalue weighted by Gasteiger charge is 2.41. The molecule has 0 fully saturated rings. The minimum atomic E-state index is -1.72. The maximum Gasteiger partial charge on any atom is 0.329 e. The number of carbonyl (C=O) groups excluding carboxylic acids is 2. The van der Waals surface area contributed by atoms with Crippen LogP contribution in [-0.2, 0) is 20.8 Å². The molecule has 9 nitrogen and oxygen atoms in total. The lowest BCUT2D eigenvalue weighted by molar-refractivity contribution is -0.145. The van der Waals surface area contributed by atoms with Crippen LogP contribution >= 0.6 is 0 Å². The second-order valence-electron chi connectivity index (χ2n) is 9.27. The number of carboxylic acid groups (broad SMARTS) is 2. The average Bonchev–Trinajstić information content (AvgIpc) is 2.82. The van der Waals surface area contributed by atoms with Crippen LogP contribution < -0.4 is 10.6 Å². The number of nitrogens with one attached hydrogen (secondary N) is 2. The van der Waals surface area contributed by atoms with E-state index >= 15 is 0 Å². The van der Waals surface area contributed by atoms with Crippen LogP contribution in [0.2, 0.25) is 0 Å². The van der Waals surface area contributed by atoms with E-state index in [2.05, 4.69) is 10.6 Å². The maximum atomic E-state index is 13.2. The third kappa shape index (κ3) is 8.72. The smallest absolute Gasteiger partial charge is 0.329 e. The minimum Gasteiger partial charge on any atom is -0.481 e. The average molecular weight is 498 g/mol. The number of urea groups is 1. The summed E-state index contributed by atoms with van der Waals surface area (Å²) in [6, 6.07) is 16.5. The Bertz CT molecular complexity index is 1040. The van der Waals surface area contributed by atoms with Gasteiger partial charge in [0, 0.05) is 33.0 Å². The molecule has 3 amide bonds. The number of hydrogen-bond donors (Lipinski definition) is 4. The highest BCUT2D eigenvalue weighted by molar-refractivity contribution is 5.87. The normalized spacial score (nSPS) is 12.4. The largest absolute Gasteiger partial charge is 0.481 e. The van der Waals surface area contributed by atoms with E-state index in [0.29, 0.717) is 5.56 Å². The fourth-order valence-corrected chi connectivity index (χ4v) is 3.91. The molecule has 0 spiro atoms. The molecular formula is C27H35N3O6. The van der Waals surface area contributed by atoms with Crippen molar-refractivity contribution in [2.75, 3.05) is 19.6 Å². The zero-order chi connectivity index (χ0) is 26.7. The van der Waals surface area contributed by atoms with Crippen LogP contribution in [0, 0.1) is 5.92 Å². The second-order valence-corrected chi connectivity index (χ2v) is 9.27. The van der Waals surface area contributed by atoms with Crippen LogP contribution in [0.15, 0.2) is 54.6 Å². The van der Waals surface area contributed by atoms with Gasteiger partial charge in [0.05, 0.1) is 6.42 Å². The topological polar surface area (TPSA) is 136 Å². The minimum absolute atomic E-state index is 0.0167. The summed E-state index contributed by atoms with van der Waals surface area (Å²) in [7, 11) is 0. The Morgan fingerprint density at radius 1 is 0.944 bits per heavy atom. The highest BCUT2D eigenvalue weighted by atomic mass is 16.4. The fraction of sp³-hybridized carbons (Fsp3) is 0.407. The molecule has 4 N–H and O–H groups in total. The standard InChI is InChI=1S/C27H35N3O6/c1-19(2)18-30(16-13-24(32)33)26(36)29-27(25(34)35,14-15-28-20(3)31)17-21-9-11-23(12-10-21)22-7-5-4-6-8-22/h4-12,19H,13-18H2,1-3H3,(H,28,31)(H,29,36)(H,32,33)(H,34,35)/t27-/m0/s1. The molecule has 2 rings (SSSR count). The number of aliphatic carboxylic acids is 2. The number of rotatable bonds is 13. The van der Waals surface area contributed by atoms with Crippen molar-refractivity contribution < 1.29 is 29.4 Å². The van der Waals surface area contributed by atoms with Gasteiger partial charge in [0.15, 0.2) is 0 Å². The van der Waals surface area contributed by atoms with Crippen molar-refractivity contribution in [2.45, 2.75) is 45.6 Å². The first-order valence-electron chi connectivity index (χ1n) is 11.9. The molecule has 2 aromatic rings. The molecule has 0 aliphatic rings. The van der Waals surface area contributed by atoms with Crippen molar-refractivity contribution >= 4 is 23.9 Å². The van der Waals surface area contributed by atoms with E-state index in [9.17, 15) is 24.3 Å². The number of hydrogen-bond acceptors (Lipinski definition) is 4. The van der Waals surface area contributed by atoms with Crippen LogP contribution in [-0.4, -0.2) is 64.2 Å². The predicted molar refractivity (Wildman–Crippen MR) is 136 cm³/mol. The van der Waals surface area contributed by atoms with Crippen LogP contribution in [0.1, 0.15) is 39.2 Å². The van der Waals surface area contributed by atoms with Crippen molar-refractivity contribution in [3.8, 4) is 11.1 Å². The van der Waals surface area contributed by atoms with E-state index in [0.717, 1.165) is 11.1 Å². The molecule has 0 aromatic heterocycles. The summed E-state index contributed by atoms with van der Waals surface area (Å²) in [6.45, 7) is 5.37. The molecule has 0 bridgehead atoms. The third-order valence-corrected chi connectivity index (χ3v) is 5.72. The Morgan fingerprint density at radius 3 is 2.08 bits per heavy atom. The molecule has 0 aliphatic carbocycles. The van der Waals surface area contributed by atoms with E-state index in [1.54, 1.807) is 0 Å². The quantitative estimate of drug-likeness (QED) is 0.335. The Hall–Kier alpha value is -3.88. The van der Waals surface area contributed by atoms with E-state index in [1.165, 1.54) is 11.8 Å². The van der Waals surface area contributed by atoms with Crippen LogP contribution in [0.25, 0.3) is 11.1 Å². The lowest BCUT2D eigenvalue weighted by Gasteiger charge is -2.34. The number of benzene rings is 2. The van der Waals surface area contributed by atoms with E-state index in [-0.39, 0.29) is 50.7 Å². The van der Waals surface area contributed by atoms with Gasteiger partial charge in [0.25, 0.3) is 0 Å². The number of carbonyl (C=O) groups is 4. The first-order valence-corrected chi connectivity index (χ1v) is 11.9. The molecule has 0 unspecified atom stereocenters. The molecule has 36 heavy (non-hydrogen) atoms. The number of carboxylic acids is 2. The van der Waals surface area contributed by atoms with Gasteiger partial charge in [0.1, 0.15) is 5.54 Å². The number of amides is 3. The van der Waals surface area contributed by atoms with Crippen LogP contribution in [0.4, 0.5) is 4.79 Å². The SMILES string of the molecule is CC(=O)NCC[C@@](Cc1ccc(-c2ccccc2)cc1)(NC(=O)N(CCC(=O)O)CC(C)C)C(=O)O. The zero-order valence-corrected chi connectivity index (χ0v) is 21.0. The summed E-state index contributed by atoms with van der Waals surface area (Å²) in [4.78, 5) is 49.6. The van der Waals surface area contributed by atoms with Gasteiger partial charge in [-0.15, -0.1) is 0 Å². The third-order valence-electron chi connectivity index (χ3n) is 5.72. The van der Waals surface area contributed by atoms with Crippen LogP contribution in [0.5, 0.6) is 0 Å². The first-order chi connectivity index (χ1) is 17.0. The lowest BCUT2D eigenvalue weighted by Crippen LogP contribution is -2.60. The zero-order valence-electron chi connectivity index (χ0n) is 21.0.